The van der Waals surface area contributed by atoms with Gasteiger partial charge in [-0.25, -0.2) is 4.79 Å². The Morgan fingerprint density at radius 1 is 1.32 bits per heavy atom. The highest BCUT2D eigenvalue weighted by molar-refractivity contribution is 5.95. The predicted molar refractivity (Wildman–Crippen MR) is 82.2 cm³/mol. The van der Waals surface area contributed by atoms with Crippen molar-refractivity contribution in [1.82, 2.24) is 5.32 Å². The summed E-state index contributed by atoms with van der Waals surface area (Å²) in [6.45, 7) is 6.74. The van der Waals surface area contributed by atoms with Gasteiger partial charge in [0.05, 0.1) is 12.0 Å². The van der Waals surface area contributed by atoms with Crippen molar-refractivity contribution in [3.63, 3.8) is 0 Å². The molecule has 0 aromatic carbocycles. The van der Waals surface area contributed by atoms with Crippen LogP contribution in [0, 0.1) is 11.8 Å². The van der Waals surface area contributed by atoms with Gasteiger partial charge in [-0.15, -0.1) is 0 Å². The summed E-state index contributed by atoms with van der Waals surface area (Å²) in [6, 6.07) is 0. The Balaban J connectivity index is 3.07. The van der Waals surface area contributed by atoms with Gasteiger partial charge in [0.25, 0.3) is 0 Å². The lowest BCUT2D eigenvalue weighted by Crippen LogP contribution is -2.70. The number of carbonyl (C=O) groups is 2. The standard InChI is InChI=1S/C16H29NO5/c1-5-6-7-8-9-11-13(19)17-16(14(20)21,15(11,4)22)12(18)10(2)3/h10-12,18,22H,5-9H2,1-4H3,(H,17,19)(H,20,21)/t11-,12-,15-,16?/m0/s1. The van der Waals surface area contributed by atoms with Crippen LogP contribution in [0.25, 0.3) is 0 Å². The van der Waals surface area contributed by atoms with Crippen molar-refractivity contribution in [3.05, 3.63) is 0 Å². The molecule has 4 atom stereocenters. The molecule has 0 spiro atoms. The van der Waals surface area contributed by atoms with E-state index in [0.717, 1.165) is 25.7 Å². The Morgan fingerprint density at radius 2 is 1.91 bits per heavy atom. The highest BCUT2D eigenvalue weighted by Crippen LogP contribution is 2.43. The number of rotatable bonds is 8. The van der Waals surface area contributed by atoms with E-state index < -0.39 is 41.0 Å². The summed E-state index contributed by atoms with van der Waals surface area (Å²) < 4.78 is 0. The van der Waals surface area contributed by atoms with Crippen LogP contribution in [0.3, 0.4) is 0 Å². The Labute approximate surface area is 131 Å². The van der Waals surface area contributed by atoms with Crippen molar-refractivity contribution >= 4 is 11.9 Å². The third-order valence-corrected chi connectivity index (χ3v) is 4.87. The lowest BCUT2D eigenvalue weighted by molar-refractivity contribution is -0.170. The third kappa shape index (κ3) is 2.99. The number of nitrogens with one attached hydrogen (secondary N) is 1. The first-order chi connectivity index (χ1) is 10.1. The number of hydrogen-bond donors (Lipinski definition) is 4. The van der Waals surface area contributed by atoms with Gasteiger partial charge in [0.15, 0.2) is 5.54 Å². The van der Waals surface area contributed by atoms with Crippen LogP contribution in [0.4, 0.5) is 0 Å². The van der Waals surface area contributed by atoms with Gasteiger partial charge >= 0.3 is 5.97 Å². The summed E-state index contributed by atoms with van der Waals surface area (Å²) in [4.78, 5) is 24.1. The molecular formula is C16H29NO5. The Hall–Kier alpha value is -1.14. The topological polar surface area (TPSA) is 107 Å². The minimum Gasteiger partial charge on any atom is -0.479 e. The first-order valence-electron chi connectivity index (χ1n) is 8.08. The Bertz CT molecular complexity index is 421. The number of aliphatic carboxylic acids is 1. The van der Waals surface area contributed by atoms with E-state index >= 15 is 0 Å². The molecule has 0 saturated carbocycles. The number of carboxylic acids is 1. The number of carboxylic acid groups (broad SMARTS) is 1. The molecule has 1 aliphatic rings. The van der Waals surface area contributed by atoms with Crippen LogP contribution < -0.4 is 5.32 Å². The highest BCUT2D eigenvalue weighted by Gasteiger charge is 2.68. The van der Waals surface area contributed by atoms with Crippen molar-refractivity contribution in [2.45, 2.75) is 77.0 Å². The maximum Gasteiger partial charge on any atom is 0.335 e. The van der Waals surface area contributed by atoms with Gasteiger partial charge in [0.2, 0.25) is 5.91 Å². The summed E-state index contributed by atoms with van der Waals surface area (Å²) in [6.07, 6.45) is 2.81. The molecule has 0 aromatic heterocycles. The SMILES string of the molecule is CCCCCC[C@H]1C(=O)NC(C(=O)O)([C@@H](O)C(C)C)[C@@]1(C)O. The Kier molecular flexibility index (Phi) is 5.98. The molecule has 1 fully saturated rings. The van der Waals surface area contributed by atoms with Gasteiger partial charge in [-0.05, 0) is 19.3 Å². The van der Waals surface area contributed by atoms with Crippen LogP contribution >= 0.6 is 0 Å². The monoisotopic (exact) mass is 315 g/mol. The van der Waals surface area contributed by atoms with Crippen LogP contribution in [-0.4, -0.2) is 44.4 Å². The zero-order valence-electron chi connectivity index (χ0n) is 13.9. The lowest BCUT2D eigenvalue weighted by Gasteiger charge is -2.42. The average Bonchev–Trinajstić information content (AvgIpc) is 2.62. The second kappa shape index (κ2) is 6.96. The van der Waals surface area contributed by atoms with Crippen LogP contribution in [0.15, 0.2) is 0 Å². The van der Waals surface area contributed by atoms with Crippen LogP contribution in [0.1, 0.15) is 59.8 Å². The van der Waals surface area contributed by atoms with E-state index in [4.69, 9.17) is 0 Å². The molecule has 0 aliphatic carbocycles. The normalized spacial score (nSPS) is 33.0. The first kappa shape index (κ1) is 18.9. The smallest absolute Gasteiger partial charge is 0.335 e. The molecular weight excluding hydrogens is 286 g/mol. The lowest BCUT2D eigenvalue weighted by atomic mass is 9.69. The molecule has 0 radical (unpaired) electrons. The van der Waals surface area contributed by atoms with Crippen molar-refractivity contribution < 1.29 is 24.9 Å². The van der Waals surface area contributed by atoms with Crippen molar-refractivity contribution in [2.24, 2.45) is 11.8 Å². The maximum atomic E-state index is 12.3. The minimum atomic E-state index is -2.06. The Morgan fingerprint density at radius 3 is 2.36 bits per heavy atom. The van der Waals surface area contributed by atoms with E-state index in [2.05, 4.69) is 12.2 Å². The molecule has 6 nitrogen and oxygen atoms in total. The van der Waals surface area contributed by atoms with Crippen molar-refractivity contribution in [3.8, 4) is 0 Å². The van der Waals surface area contributed by atoms with Gasteiger partial charge in [0.1, 0.15) is 5.60 Å². The quantitative estimate of drug-likeness (QED) is 0.505. The molecule has 4 N–H and O–H groups in total. The van der Waals surface area contributed by atoms with E-state index in [-0.39, 0.29) is 0 Å². The summed E-state index contributed by atoms with van der Waals surface area (Å²) in [5.41, 5.74) is -3.90. The van der Waals surface area contributed by atoms with Crippen LogP contribution in [0.5, 0.6) is 0 Å². The number of carbonyl (C=O) groups excluding carboxylic acids is 1. The molecule has 6 heteroatoms. The molecule has 1 heterocycles. The van der Waals surface area contributed by atoms with Crippen LogP contribution in [-0.2, 0) is 9.59 Å². The largest absolute Gasteiger partial charge is 0.479 e. The van der Waals surface area contributed by atoms with E-state index in [0.29, 0.717) is 6.42 Å². The number of unbranched alkanes of at least 4 members (excludes halogenated alkanes) is 3. The fraction of sp³-hybridized carbons (Fsp3) is 0.875. The van der Waals surface area contributed by atoms with Gasteiger partial charge in [-0.3, -0.25) is 4.79 Å². The molecule has 1 rings (SSSR count). The predicted octanol–water partition coefficient (Wildman–Crippen LogP) is 1.29. The zero-order chi connectivity index (χ0) is 17.1. The number of aliphatic hydroxyl groups excluding tert-OH is 1. The molecule has 1 amide bonds. The van der Waals surface area contributed by atoms with Gasteiger partial charge in [-0.2, -0.15) is 0 Å². The van der Waals surface area contributed by atoms with Crippen molar-refractivity contribution in [1.29, 1.82) is 0 Å². The highest BCUT2D eigenvalue weighted by atomic mass is 16.4. The second-order valence-corrected chi connectivity index (χ2v) is 6.84. The van der Waals surface area contributed by atoms with Gasteiger partial charge in [0, 0.05) is 0 Å². The number of hydrogen-bond acceptors (Lipinski definition) is 4. The summed E-state index contributed by atoms with van der Waals surface area (Å²) in [5.74, 6) is -3.14. The van der Waals surface area contributed by atoms with E-state index in [1.807, 2.05) is 0 Å². The summed E-state index contributed by atoms with van der Waals surface area (Å²) in [7, 11) is 0. The molecule has 1 saturated heterocycles. The van der Waals surface area contributed by atoms with E-state index in [1.54, 1.807) is 13.8 Å². The summed E-state index contributed by atoms with van der Waals surface area (Å²) >= 11 is 0. The van der Waals surface area contributed by atoms with Gasteiger partial charge < -0.3 is 20.6 Å². The molecule has 0 aromatic rings. The average molecular weight is 315 g/mol. The molecule has 1 unspecified atom stereocenters. The van der Waals surface area contributed by atoms with Crippen molar-refractivity contribution in [2.75, 3.05) is 0 Å². The second-order valence-electron chi connectivity index (χ2n) is 6.84. The number of aliphatic hydroxyl groups is 2. The van der Waals surface area contributed by atoms with E-state index in [1.165, 1.54) is 6.92 Å². The first-order valence-corrected chi connectivity index (χ1v) is 8.08. The number of amides is 1. The van der Waals surface area contributed by atoms with Gasteiger partial charge in [-0.1, -0.05) is 46.5 Å². The molecule has 0 bridgehead atoms. The van der Waals surface area contributed by atoms with Crippen LogP contribution in [0.2, 0.25) is 0 Å². The summed E-state index contributed by atoms with van der Waals surface area (Å²) in [5, 5.41) is 33.2. The third-order valence-electron chi connectivity index (χ3n) is 4.87. The maximum absolute atomic E-state index is 12.3. The van der Waals surface area contributed by atoms with E-state index in [9.17, 15) is 24.9 Å². The molecule has 128 valence electrons. The fourth-order valence-corrected chi connectivity index (χ4v) is 3.40. The fourth-order valence-electron chi connectivity index (χ4n) is 3.40. The minimum absolute atomic E-state index is 0.415. The zero-order valence-corrected chi connectivity index (χ0v) is 13.9. The molecule has 1 aliphatic heterocycles. The molecule has 22 heavy (non-hydrogen) atoms.